The molecule has 4 nitrogen and oxygen atoms in total. The van der Waals surface area contributed by atoms with Crippen LogP contribution in [-0.2, 0) is 6.54 Å². The molecule has 0 aliphatic carbocycles. The molecule has 0 amide bonds. The molecule has 2 heterocycles. The Bertz CT molecular complexity index is 961. The quantitative estimate of drug-likeness (QED) is 0.714. The van der Waals surface area contributed by atoms with E-state index in [0.717, 1.165) is 42.5 Å². The van der Waals surface area contributed by atoms with Gasteiger partial charge in [-0.2, -0.15) is 0 Å². The van der Waals surface area contributed by atoms with Crippen molar-refractivity contribution in [2.24, 2.45) is 0 Å². The van der Waals surface area contributed by atoms with Crippen molar-refractivity contribution in [3.8, 4) is 0 Å². The molecular formula is C19H20Cl2FN3O. The molecule has 3 aromatic rings. The number of hydrogen-bond donors (Lipinski definition) is 1. The first-order valence-corrected chi connectivity index (χ1v) is 8.85. The van der Waals surface area contributed by atoms with Crippen LogP contribution in [0.5, 0.6) is 0 Å². The second-order valence-electron chi connectivity index (χ2n) is 6.56. The molecule has 4 rings (SSSR count). The normalized spacial score (nSPS) is 15.9. The summed E-state index contributed by atoms with van der Waals surface area (Å²) in [5.41, 5.74) is 2.74. The molecule has 0 radical (unpaired) electrons. The molecule has 0 bridgehead atoms. The Hall–Kier alpha value is -1.82. The fourth-order valence-corrected chi connectivity index (χ4v) is 3.89. The van der Waals surface area contributed by atoms with Gasteiger partial charge in [-0.1, -0.05) is 29.8 Å². The van der Waals surface area contributed by atoms with E-state index in [4.69, 9.17) is 11.6 Å². The molecule has 2 aromatic carbocycles. The van der Waals surface area contributed by atoms with E-state index >= 15 is 0 Å². The highest BCUT2D eigenvalue weighted by Crippen LogP contribution is 2.27. The minimum Gasteiger partial charge on any atom is -0.306 e. The topological polar surface area (TPSA) is 41.0 Å². The Labute approximate surface area is 162 Å². The third kappa shape index (κ3) is 3.65. The lowest BCUT2D eigenvalue weighted by Crippen LogP contribution is -2.36. The van der Waals surface area contributed by atoms with Crippen LogP contribution in [0.3, 0.4) is 0 Å². The summed E-state index contributed by atoms with van der Waals surface area (Å²) in [5, 5.41) is 0.468. The molecular weight excluding hydrogens is 376 g/mol. The summed E-state index contributed by atoms with van der Waals surface area (Å²) in [7, 11) is 0. The van der Waals surface area contributed by atoms with Crippen LogP contribution in [0, 0.1) is 5.82 Å². The minimum atomic E-state index is -0.314. The van der Waals surface area contributed by atoms with E-state index in [0.29, 0.717) is 11.6 Å². The maximum atomic E-state index is 13.2. The highest BCUT2D eigenvalue weighted by atomic mass is 35.5. The summed E-state index contributed by atoms with van der Waals surface area (Å²) in [6.45, 7) is 2.46. The number of likely N-dealkylation sites (tertiary alicyclic amines) is 1. The Balaban J connectivity index is 0.00000196. The summed E-state index contributed by atoms with van der Waals surface area (Å²) in [6.07, 6.45) is 1.81. The lowest BCUT2D eigenvalue weighted by molar-refractivity contribution is 0.180. The third-order valence-corrected chi connectivity index (χ3v) is 5.31. The monoisotopic (exact) mass is 395 g/mol. The van der Waals surface area contributed by atoms with Crippen LogP contribution in [-0.4, -0.2) is 27.5 Å². The van der Waals surface area contributed by atoms with Crippen molar-refractivity contribution in [1.82, 2.24) is 14.5 Å². The van der Waals surface area contributed by atoms with E-state index in [-0.39, 0.29) is 30.0 Å². The Kier molecular flexibility index (Phi) is 5.70. The van der Waals surface area contributed by atoms with Gasteiger partial charge in [0.05, 0.1) is 11.0 Å². The zero-order chi connectivity index (χ0) is 17.4. The summed E-state index contributed by atoms with van der Waals surface area (Å²) < 4.78 is 15.1. The largest absolute Gasteiger partial charge is 0.326 e. The minimum absolute atomic E-state index is 0. The molecule has 0 saturated carbocycles. The van der Waals surface area contributed by atoms with Gasteiger partial charge in [0.2, 0.25) is 0 Å². The molecule has 0 atom stereocenters. The van der Waals surface area contributed by atoms with E-state index in [1.165, 1.54) is 12.1 Å². The van der Waals surface area contributed by atoms with Gasteiger partial charge in [-0.15, -0.1) is 12.4 Å². The molecule has 1 fully saturated rings. The Morgan fingerprint density at radius 2 is 1.88 bits per heavy atom. The van der Waals surface area contributed by atoms with Crippen molar-refractivity contribution in [1.29, 1.82) is 0 Å². The first kappa shape index (κ1) is 19.0. The van der Waals surface area contributed by atoms with Crippen molar-refractivity contribution in [2.45, 2.75) is 25.4 Å². The van der Waals surface area contributed by atoms with Crippen molar-refractivity contribution in [3.05, 3.63) is 69.4 Å². The third-order valence-electron chi connectivity index (χ3n) is 4.96. The number of aromatic nitrogens is 2. The van der Waals surface area contributed by atoms with Crippen molar-refractivity contribution < 1.29 is 4.39 Å². The number of aromatic amines is 1. The zero-order valence-corrected chi connectivity index (χ0v) is 15.7. The fraction of sp³-hybridized carbons (Fsp3) is 0.316. The van der Waals surface area contributed by atoms with Crippen molar-refractivity contribution in [3.63, 3.8) is 0 Å². The van der Waals surface area contributed by atoms with E-state index in [1.807, 2.05) is 28.8 Å². The average molecular weight is 396 g/mol. The molecule has 1 aromatic heterocycles. The van der Waals surface area contributed by atoms with Gasteiger partial charge < -0.3 is 4.98 Å². The van der Waals surface area contributed by atoms with Gasteiger partial charge in [0.1, 0.15) is 5.82 Å². The first-order chi connectivity index (χ1) is 12.1. The van der Waals surface area contributed by atoms with E-state index < -0.39 is 0 Å². The lowest BCUT2D eigenvalue weighted by Gasteiger charge is -2.32. The standard InChI is InChI=1S/C19H19ClFN3O.ClH/c20-16-11-14(21)6-5-13(16)12-23-9-7-15(8-10-23)24-18-4-2-1-3-17(18)22-19(24)25;/h1-6,11,15H,7-10,12H2,(H,22,25);1H. The number of imidazole rings is 1. The van der Waals surface area contributed by atoms with Crippen LogP contribution in [0.15, 0.2) is 47.3 Å². The molecule has 1 aliphatic rings. The molecule has 1 aliphatic heterocycles. The first-order valence-electron chi connectivity index (χ1n) is 8.47. The van der Waals surface area contributed by atoms with Gasteiger partial charge in [0.25, 0.3) is 0 Å². The van der Waals surface area contributed by atoms with Gasteiger partial charge in [0.15, 0.2) is 0 Å². The second kappa shape index (κ2) is 7.82. The number of fused-ring (bicyclic) bond motifs is 1. The summed E-state index contributed by atoms with van der Waals surface area (Å²) in [4.78, 5) is 17.6. The second-order valence-corrected chi connectivity index (χ2v) is 6.97. The zero-order valence-electron chi connectivity index (χ0n) is 14.1. The van der Waals surface area contributed by atoms with Crippen LogP contribution in [0.4, 0.5) is 4.39 Å². The molecule has 138 valence electrons. The number of rotatable bonds is 3. The molecule has 7 heteroatoms. The highest BCUT2D eigenvalue weighted by Gasteiger charge is 2.23. The van der Waals surface area contributed by atoms with Crippen LogP contribution in [0.25, 0.3) is 11.0 Å². The van der Waals surface area contributed by atoms with Crippen molar-refractivity contribution in [2.75, 3.05) is 13.1 Å². The molecule has 0 spiro atoms. The lowest BCUT2D eigenvalue weighted by atomic mass is 10.0. The predicted molar refractivity (Wildman–Crippen MR) is 105 cm³/mol. The Morgan fingerprint density at radius 1 is 1.15 bits per heavy atom. The maximum absolute atomic E-state index is 13.2. The van der Waals surface area contributed by atoms with Gasteiger partial charge in [0, 0.05) is 30.7 Å². The number of hydrogen-bond acceptors (Lipinski definition) is 2. The van der Waals surface area contributed by atoms with E-state index in [1.54, 1.807) is 6.07 Å². The van der Waals surface area contributed by atoms with Crippen LogP contribution >= 0.6 is 24.0 Å². The average Bonchev–Trinajstić information content (AvgIpc) is 2.94. The summed E-state index contributed by atoms with van der Waals surface area (Å²) in [5.74, 6) is -0.314. The van der Waals surface area contributed by atoms with Gasteiger partial charge in [-0.05, 0) is 42.7 Å². The SMILES string of the molecule is Cl.O=c1[nH]c2ccccc2n1C1CCN(Cc2ccc(F)cc2Cl)CC1. The van der Waals surface area contributed by atoms with Crippen molar-refractivity contribution >= 4 is 35.0 Å². The van der Waals surface area contributed by atoms with Gasteiger partial charge in [-0.25, -0.2) is 9.18 Å². The smallest absolute Gasteiger partial charge is 0.306 e. The number of para-hydroxylation sites is 2. The molecule has 1 N–H and O–H groups in total. The number of H-pyrrole nitrogens is 1. The van der Waals surface area contributed by atoms with Crippen LogP contribution < -0.4 is 5.69 Å². The predicted octanol–water partition coefficient (Wildman–Crippen LogP) is 4.38. The number of nitrogens with one attached hydrogen (secondary N) is 1. The van der Waals surface area contributed by atoms with Crippen LogP contribution in [0.1, 0.15) is 24.4 Å². The van der Waals surface area contributed by atoms with E-state index in [9.17, 15) is 9.18 Å². The highest BCUT2D eigenvalue weighted by molar-refractivity contribution is 6.31. The summed E-state index contributed by atoms with van der Waals surface area (Å²) >= 11 is 6.13. The molecule has 0 unspecified atom stereocenters. The molecule has 1 saturated heterocycles. The van der Waals surface area contributed by atoms with Gasteiger partial charge in [-0.3, -0.25) is 9.47 Å². The number of nitrogens with zero attached hydrogens (tertiary/aromatic N) is 2. The van der Waals surface area contributed by atoms with Crippen LogP contribution in [0.2, 0.25) is 5.02 Å². The Morgan fingerprint density at radius 3 is 2.62 bits per heavy atom. The van der Waals surface area contributed by atoms with Gasteiger partial charge >= 0.3 is 5.69 Å². The van der Waals surface area contributed by atoms with E-state index in [2.05, 4.69) is 9.88 Å². The number of benzene rings is 2. The fourth-order valence-electron chi connectivity index (χ4n) is 3.66. The number of piperidine rings is 1. The summed E-state index contributed by atoms with van der Waals surface area (Å²) in [6, 6.07) is 12.5. The maximum Gasteiger partial charge on any atom is 0.326 e. The number of halogens is 3. The molecule has 26 heavy (non-hydrogen) atoms.